The number of ether oxygens (including phenoxy) is 7. The second-order valence-electron chi connectivity index (χ2n) is 15.5. The Kier molecular flexibility index (Phi) is 35.4. The van der Waals surface area contributed by atoms with E-state index in [-0.39, 0.29) is 11.0 Å². The molecule has 0 aliphatic carbocycles. The van der Waals surface area contributed by atoms with Gasteiger partial charge in [-0.1, -0.05) is 76.2 Å². The molecule has 268 valence electrons. The summed E-state index contributed by atoms with van der Waals surface area (Å²) in [5, 5.41) is 0. The van der Waals surface area contributed by atoms with Crippen molar-refractivity contribution < 1.29 is 33.2 Å². The summed E-state index contributed by atoms with van der Waals surface area (Å²) in [7, 11) is 12.1. The van der Waals surface area contributed by atoms with Gasteiger partial charge in [0.05, 0.1) is 37.6 Å². The van der Waals surface area contributed by atoms with Gasteiger partial charge in [0.25, 0.3) is 0 Å². The van der Waals surface area contributed by atoms with E-state index in [1.165, 1.54) is 0 Å². The van der Waals surface area contributed by atoms with Gasteiger partial charge < -0.3 is 33.2 Å². The van der Waals surface area contributed by atoms with Gasteiger partial charge in [-0.15, -0.1) is 0 Å². The fourth-order valence-electron chi connectivity index (χ4n) is 3.63. The van der Waals surface area contributed by atoms with Gasteiger partial charge in [-0.25, -0.2) is 0 Å². The highest BCUT2D eigenvalue weighted by Crippen LogP contribution is 2.29. The summed E-state index contributed by atoms with van der Waals surface area (Å²) < 4.78 is 35.4. The molecule has 0 aromatic carbocycles. The van der Waals surface area contributed by atoms with Crippen molar-refractivity contribution in [3.63, 3.8) is 0 Å². The molecule has 0 aliphatic heterocycles. The van der Waals surface area contributed by atoms with E-state index >= 15 is 0 Å². The van der Waals surface area contributed by atoms with Crippen molar-refractivity contribution in [3.8, 4) is 0 Å². The van der Waals surface area contributed by atoms with Gasteiger partial charge in [0.2, 0.25) is 0 Å². The van der Waals surface area contributed by atoms with Gasteiger partial charge in [-0.3, -0.25) is 0 Å². The van der Waals surface area contributed by atoms with Crippen LogP contribution in [-0.2, 0) is 33.2 Å². The predicted molar refractivity (Wildman–Crippen MR) is 187 cm³/mol. The van der Waals surface area contributed by atoms with Gasteiger partial charge in [-0.2, -0.15) is 0 Å². The van der Waals surface area contributed by atoms with Crippen LogP contribution in [-0.4, -0.2) is 94.0 Å². The molecule has 0 aliphatic rings. The number of methoxy groups -OCH3 is 7. The van der Waals surface area contributed by atoms with Crippen molar-refractivity contribution in [1.29, 1.82) is 0 Å². The maximum absolute atomic E-state index is 5.26. The first-order valence-electron chi connectivity index (χ1n) is 15.9. The van der Waals surface area contributed by atoms with Crippen LogP contribution >= 0.6 is 0 Å². The molecule has 0 N–H and O–H groups in total. The molecule has 0 rings (SSSR count). The smallest absolute Gasteiger partial charge is 0.0645 e. The van der Waals surface area contributed by atoms with Crippen LogP contribution in [0.3, 0.4) is 0 Å². The Morgan fingerprint density at radius 2 is 0.814 bits per heavy atom. The molecule has 43 heavy (non-hydrogen) atoms. The fourth-order valence-corrected chi connectivity index (χ4v) is 3.63. The second-order valence-corrected chi connectivity index (χ2v) is 15.5. The zero-order valence-corrected chi connectivity index (χ0v) is 33.4. The SMILES string of the molecule is COC(C)(C)C(C)C.COC(C)CC(C)(C)CC(C)OC.COCC(C)(C)C.COCC(C)(C)COC.COCC(C)C. The lowest BCUT2D eigenvalue weighted by Gasteiger charge is -2.29. The van der Waals surface area contributed by atoms with E-state index in [1.54, 1.807) is 49.8 Å². The molecule has 0 fully saturated rings. The molecule has 0 saturated carbocycles. The molecule has 0 heterocycles. The minimum atomic E-state index is 0.0417. The summed E-state index contributed by atoms with van der Waals surface area (Å²) in [5.74, 6) is 1.27. The zero-order valence-electron chi connectivity index (χ0n) is 33.4. The minimum absolute atomic E-state index is 0.0417. The second kappa shape index (κ2) is 29.1. The maximum atomic E-state index is 5.26. The van der Waals surface area contributed by atoms with Crippen LogP contribution < -0.4 is 0 Å². The molecular weight excluding hydrogens is 544 g/mol. The van der Waals surface area contributed by atoms with Crippen molar-refractivity contribution in [2.24, 2.45) is 28.1 Å². The maximum Gasteiger partial charge on any atom is 0.0645 e. The van der Waals surface area contributed by atoms with Crippen molar-refractivity contribution in [2.45, 2.75) is 135 Å². The summed E-state index contributed by atoms with van der Waals surface area (Å²) in [5.41, 5.74) is 0.823. The molecule has 7 nitrogen and oxygen atoms in total. The molecule has 0 spiro atoms. The third-order valence-corrected chi connectivity index (χ3v) is 6.55. The Labute approximate surface area is 271 Å². The molecule has 2 atom stereocenters. The van der Waals surface area contributed by atoms with Crippen molar-refractivity contribution in [1.82, 2.24) is 0 Å². The highest BCUT2D eigenvalue weighted by atomic mass is 16.5. The zero-order chi connectivity index (χ0) is 35.5. The van der Waals surface area contributed by atoms with Gasteiger partial charge in [0, 0.05) is 61.8 Å². The average Bonchev–Trinajstić information content (AvgIpc) is 2.83. The number of hydrogen-bond donors (Lipinski definition) is 0. The Balaban J connectivity index is -0.000000144. The van der Waals surface area contributed by atoms with E-state index in [4.69, 9.17) is 33.2 Å². The van der Waals surface area contributed by atoms with Crippen LogP contribution in [0, 0.1) is 28.1 Å². The normalized spacial score (nSPS) is 13.4. The third kappa shape index (κ3) is 46.3. The standard InChI is InChI=1S/C11H24O2.C7H16O2.C7H16O.C6H14O.C5H12O/c1-9(12-5)7-11(3,4)8-10(2)13-6;1-7(2,5-8-3)6-9-4;1-6(2)7(3,4)8-5;1-6(2,3)5-7-4;1-5(2)4-6-3/h9-10H,7-8H2,1-6H3;5-6H2,1-4H3;6H,1-5H3;5H2,1-4H3;5H,4H2,1-3H3. The number of rotatable bonds is 15. The Hall–Kier alpha value is -0.280. The molecular formula is C36H82O7. The van der Waals surface area contributed by atoms with Gasteiger partial charge in [-0.05, 0) is 63.2 Å². The van der Waals surface area contributed by atoms with Gasteiger partial charge >= 0.3 is 0 Å². The molecule has 2 unspecified atom stereocenters. The lowest BCUT2D eigenvalue weighted by Crippen LogP contribution is -2.29. The summed E-state index contributed by atoms with van der Waals surface area (Å²) in [6.45, 7) is 35.4. The van der Waals surface area contributed by atoms with E-state index in [1.807, 2.05) is 0 Å². The lowest BCUT2D eigenvalue weighted by molar-refractivity contribution is -0.0157. The third-order valence-electron chi connectivity index (χ3n) is 6.55. The lowest BCUT2D eigenvalue weighted by atomic mass is 9.82. The summed E-state index contributed by atoms with van der Waals surface area (Å²) in [6, 6.07) is 0. The van der Waals surface area contributed by atoms with E-state index in [0.717, 1.165) is 39.3 Å². The van der Waals surface area contributed by atoms with Gasteiger partial charge in [0.15, 0.2) is 0 Å². The van der Waals surface area contributed by atoms with E-state index in [0.29, 0.717) is 34.9 Å². The van der Waals surface area contributed by atoms with Crippen molar-refractivity contribution in [3.05, 3.63) is 0 Å². The van der Waals surface area contributed by atoms with Gasteiger partial charge in [0.1, 0.15) is 0 Å². The molecule has 0 aromatic heterocycles. The van der Waals surface area contributed by atoms with Crippen molar-refractivity contribution in [2.75, 3.05) is 76.2 Å². The predicted octanol–water partition coefficient (Wildman–Crippen LogP) is 9.20. The highest BCUT2D eigenvalue weighted by Gasteiger charge is 2.23. The molecule has 7 heteroatoms. The number of hydrogen-bond acceptors (Lipinski definition) is 7. The van der Waals surface area contributed by atoms with Crippen LogP contribution in [0.1, 0.15) is 117 Å². The Morgan fingerprint density at radius 3 is 0.930 bits per heavy atom. The molecule has 0 bridgehead atoms. The van der Waals surface area contributed by atoms with Crippen LogP contribution in [0.4, 0.5) is 0 Å². The molecule has 0 aromatic rings. The molecule has 0 amide bonds. The highest BCUT2D eigenvalue weighted by molar-refractivity contribution is 4.74. The largest absolute Gasteiger partial charge is 0.384 e. The fraction of sp³-hybridized carbons (Fsp3) is 1.00. The van der Waals surface area contributed by atoms with Crippen LogP contribution in [0.2, 0.25) is 0 Å². The first-order valence-corrected chi connectivity index (χ1v) is 15.9. The van der Waals surface area contributed by atoms with Crippen LogP contribution in [0.15, 0.2) is 0 Å². The average molecular weight is 627 g/mol. The Bertz CT molecular complexity index is 530. The van der Waals surface area contributed by atoms with E-state index < -0.39 is 0 Å². The molecule has 0 saturated heterocycles. The summed E-state index contributed by atoms with van der Waals surface area (Å²) in [6.07, 6.45) is 2.83. The van der Waals surface area contributed by atoms with Crippen LogP contribution in [0.25, 0.3) is 0 Å². The summed E-state index contributed by atoms with van der Waals surface area (Å²) in [4.78, 5) is 0. The quantitative estimate of drug-likeness (QED) is 0.180. The Morgan fingerprint density at radius 1 is 0.465 bits per heavy atom. The summed E-state index contributed by atoms with van der Waals surface area (Å²) >= 11 is 0. The van der Waals surface area contributed by atoms with E-state index in [2.05, 4.69) is 104 Å². The molecule has 0 radical (unpaired) electrons. The topological polar surface area (TPSA) is 64.6 Å². The van der Waals surface area contributed by atoms with Crippen LogP contribution in [0.5, 0.6) is 0 Å². The first kappa shape index (κ1) is 52.3. The monoisotopic (exact) mass is 627 g/mol. The minimum Gasteiger partial charge on any atom is -0.384 e. The first-order chi connectivity index (χ1) is 19.4. The van der Waals surface area contributed by atoms with Crippen molar-refractivity contribution >= 4 is 0 Å². The van der Waals surface area contributed by atoms with E-state index in [9.17, 15) is 0 Å².